The van der Waals surface area contributed by atoms with E-state index < -0.39 is 0 Å². The summed E-state index contributed by atoms with van der Waals surface area (Å²) in [6.07, 6.45) is 6.65. The molecule has 0 spiro atoms. The van der Waals surface area contributed by atoms with E-state index in [4.69, 9.17) is 14.7 Å². The first-order valence-corrected chi connectivity index (χ1v) is 12.6. The number of morpholine rings is 1. The average Bonchev–Trinajstić information content (AvgIpc) is 3.64. The van der Waals surface area contributed by atoms with Crippen LogP contribution in [0, 0.1) is 0 Å². The topological polar surface area (TPSA) is 144 Å². The lowest BCUT2D eigenvalue weighted by molar-refractivity contribution is -0.111. The number of hydrogen-bond donors (Lipinski definition) is 3. The third-order valence-corrected chi connectivity index (χ3v) is 6.47. The lowest BCUT2D eigenvalue weighted by atomic mass is 10.1. The van der Waals surface area contributed by atoms with E-state index in [0.717, 1.165) is 16.7 Å². The molecule has 13 nitrogen and oxygen atoms in total. The van der Waals surface area contributed by atoms with Crippen molar-refractivity contribution in [3.05, 3.63) is 55.4 Å². The van der Waals surface area contributed by atoms with Gasteiger partial charge in [-0.15, -0.1) is 0 Å². The molecule has 0 radical (unpaired) electrons. The van der Waals surface area contributed by atoms with Crippen LogP contribution in [0.1, 0.15) is 19.7 Å². The van der Waals surface area contributed by atoms with Gasteiger partial charge in [-0.25, -0.2) is 9.97 Å². The molecular formula is C26H29N11O2. The van der Waals surface area contributed by atoms with Crippen molar-refractivity contribution in [3.8, 4) is 5.69 Å². The molecule has 1 amide bonds. The Balaban J connectivity index is 1.33. The molecule has 1 aliphatic rings. The fourth-order valence-corrected chi connectivity index (χ4v) is 4.65. The maximum Gasteiger partial charge on any atom is 0.247 e. The molecule has 13 heteroatoms. The van der Waals surface area contributed by atoms with Gasteiger partial charge in [0, 0.05) is 32.0 Å². The molecule has 5 aromatic rings. The van der Waals surface area contributed by atoms with Crippen LogP contribution < -0.4 is 15.5 Å². The smallest absolute Gasteiger partial charge is 0.247 e. The van der Waals surface area contributed by atoms with Gasteiger partial charge in [-0.2, -0.15) is 15.1 Å². The third-order valence-electron chi connectivity index (χ3n) is 6.47. The summed E-state index contributed by atoms with van der Waals surface area (Å²) in [7, 11) is 1.87. The van der Waals surface area contributed by atoms with Crippen molar-refractivity contribution in [2.75, 3.05) is 35.2 Å². The Hall–Kier alpha value is -4.78. The molecule has 0 aliphatic carbocycles. The van der Waals surface area contributed by atoms with Gasteiger partial charge in [0.25, 0.3) is 0 Å². The number of benzene rings is 1. The van der Waals surface area contributed by atoms with E-state index in [1.54, 1.807) is 23.3 Å². The molecule has 0 bridgehead atoms. The minimum atomic E-state index is -0.313. The van der Waals surface area contributed by atoms with Gasteiger partial charge in [0.2, 0.25) is 11.9 Å². The highest BCUT2D eigenvalue weighted by molar-refractivity contribution is 6.00. The first-order valence-electron chi connectivity index (χ1n) is 12.6. The quantitative estimate of drug-likeness (QED) is 0.272. The Kier molecular flexibility index (Phi) is 5.99. The van der Waals surface area contributed by atoms with E-state index >= 15 is 0 Å². The van der Waals surface area contributed by atoms with Gasteiger partial charge in [-0.3, -0.25) is 14.0 Å². The number of aromatic nitrogens is 8. The largest absolute Gasteiger partial charge is 0.372 e. The summed E-state index contributed by atoms with van der Waals surface area (Å²) in [6, 6.07) is 5.49. The number of imidazole rings is 2. The number of nitrogens with zero attached hydrogens (tertiary/aromatic N) is 8. The summed E-state index contributed by atoms with van der Waals surface area (Å²) in [4.78, 5) is 36.2. The Morgan fingerprint density at radius 3 is 2.92 bits per heavy atom. The Morgan fingerprint density at radius 2 is 2.15 bits per heavy atom. The van der Waals surface area contributed by atoms with Gasteiger partial charge in [-0.05, 0) is 38.1 Å². The number of rotatable bonds is 7. The van der Waals surface area contributed by atoms with Crippen LogP contribution in [0.4, 0.5) is 17.5 Å². The van der Waals surface area contributed by atoms with Crippen molar-refractivity contribution >= 4 is 45.6 Å². The van der Waals surface area contributed by atoms with Crippen molar-refractivity contribution in [1.29, 1.82) is 0 Å². The molecular weight excluding hydrogens is 498 g/mol. The van der Waals surface area contributed by atoms with Crippen molar-refractivity contribution in [3.63, 3.8) is 0 Å². The summed E-state index contributed by atoms with van der Waals surface area (Å²) in [5, 5.41) is 10.5. The van der Waals surface area contributed by atoms with Crippen LogP contribution in [0.5, 0.6) is 0 Å². The number of nitrogens with one attached hydrogen (secondary N) is 3. The number of amides is 1. The van der Waals surface area contributed by atoms with Gasteiger partial charge >= 0.3 is 0 Å². The number of H-pyrrole nitrogens is 1. The number of ether oxygens (including phenoxy) is 1. The van der Waals surface area contributed by atoms with Crippen LogP contribution in [0.25, 0.3) is 27.9 Å². The van der Waals surface area contributed by atoms with Gasteiger partial charge < -0.3 is 25.3 Å². The summed E-state index contributed by atoms with van der Waals surface area (Å²) >= 11 is 0. The summed E-state index contributed by atoms with van der Waals surface area (Å²) < 4.78 is 9.55. The number of fused-ring (bicyclic) bond motifs is 2. The molecule has 1 saturated heterocycles. The standard InChI is InChI=1S/C26H29N11O2/c1-5-21(38)30-16-6-7-18-19(10-16)32-20(31-18)12-27-23-22-24(37(15-28-22)17-11-29-35(4)13-17)34-25(33-23)36-8-9-39-26(2,3)14-36/h5-7,10-11,13,15H,1,8-9,12,14H2,2-4H3,(H,30,38)(H,31,32)(H,27,33,34). The number of aromatic amines is 1. The lowest BCUT2D eigenvalue weighted by Gasteiger charge is -2.38. The van der Waals surface area contributed by atoms with Crippen LogP contribution in [0.2, 0.25) is 0 Å². The fourth-order valence-electron chi connectivity index (χ4n) is 4.65. The predicted octanol–water partition coefficient (Wildman–Crippen LogP) is 2.78. The number of carbonyl (C=O) groups is 1. The molecule has 4 aromatic heterocycles. The highest BCUT2D eigenvalue weighted by Gasteiger charge is 2.29. The minimum absolute atomic E-state index is 0.270. The predicted molar refractivity (Wildman–Crippen MR) is 148 cm³/mol. The van der Waals surface area contributed by atoms with Crippen molar-refractivity contribution in [2.24, 2.45) is 7.05 Å². The maximum atomic E-state index is 11.7. The molecule has 200 valence electrons. The van der Waals surface area contributed by atoms with Gasteiger partial charge in [0.1, 0.15) is 12.2 Å². The zero-order valence-corrected chi connectivity index (χ0v) is 22.0. The van der Waals surface area contributed by atoms with Gasteiger partial charge in [-0.1, -0.05) is 6.58 Å². The van der Waals surface area contributed by atoms with Crippen molar-refractivity contribution in [2.45, 2.75) is 26.0 Å². The molecule has 0 saturated carbocycles. The van der Waals surface area contributed by atoms with Crippen LogP contribution in [-0.2, 0) is 23.1 Å². The summed E-state index contributed by atoms with van der Waals surface area (Å²) in [6.45, 7) is 9.93. The van der Waals surface area contributed by atoms with E-state index in [0.29, 0.717) is 60.7 Å². The first-order chi connectivity index (χ1) is 18.8. The van der Waals surface area contributed by atoms with Gasteiger partial charge in [0.15, 0.2) is 17.0 Å². The van der Waals surface area contributed by atoms with Crippen LogP contribution >= 0.6 is 0 Å². The number of carbonyl (C=O) groups excluding carboxylic acids is 1. The van der Waals surface area contributed by atoms with Crippen LogP contribution in [0.3, 0.4) is 0 Å². The lowest BCUT2D eigenvalue weighted by Crippen LogP contribution is -2.49. The van der Waals surface area contributed by atoms with E-state index in [2.05, 4.69) is 56.0 Å². The second kappa shape index (κ2) is 9.51. The highest BCUT2D eigenvalue weighted by Crippen LogP contribution is 2.28. The summed E-state index contributed by atoms with van der Waals surface area (Å²) in [5.74, 6) is 1.64. The van der Waals surface area contributed by atoms with E-state index in [-0.39, 0.29) is 11.5 Å². The average molecular weight is 528 g/mol. The van der Waals surface area contributed by atoms with Crippen molar-refractivity contribution in [1.82, 2.24) is 39.3 Å². The van der Waals surface area contributed by atoms with Crippen LogP contribution in [0.15, 0.2) is 49.6 Å². The molecule has 0 unspecified atom stereocenters. The van der Waals surface area contributed by atoms with Crippen LogP contribution in [-0.4, -0.2) is 70.5 Å². The third kappa shape index (κ3) is 4.91. The Labute approximate surface area is 223 Å². The highest BCUT2D eigenvalue weighted by atomic mass is 16.5. The molecule has 1 aromatic carbocycles. The monoisotopic (exact) mass is 527 g/mol. The fraction of sp³-hybridized carbons (Fsp3) is 0.308. The molecule has 3 N–H and O–H groups in total. The molecule has 39 heavy (non-hydrogen) atoms. The van der Waals surface area contributed by atoms with Gasteiger partial charge in [0.05, 0.1) is 41.7 Å². The van der Waals surface area contributed by atoms with Crippen molar-refractivity contribution < 1.29 is 9.53 Å². The first kappa shape index (κ1) is 24.6. The zero-order valence-electron chi connectivity index (χ0n) is 22.0. The summed E-state index contributed by atoms with van der Waals surface area (Å²) in [5.41, 5.74) is 4.10. The number of aryl methyl sites for hydroxylation is 1. The SMILES string of the molecule is C=CC(=O)Nc1ccc2nc(CNc3nc(N4CCOC(C)(C)C4)nc4c3ncn4-c3cnn(C)c3)[nH]c2c1. The maximum absolute atomic E-state index is 11.7. The Morgan fingerprint density at radius 1 is 1.28 bits per heavy atom. The molecule has 1 fully saturated rings. The molecule has 6 rings (SSSR count). The van der Waals surface area contributed by atoms with E-state index in [1.807, 2.05) is 29.9 Å². The Bertz CT molecular complexity index is 1700. The molecule has 5 heterocycles. The second-order valence-electron chi connectivity index (χ2n) is 10.0. The normalized spacial score (nSPS) is 15.1. The molecule has 1 aliphatic heterocycles. The minimum Gasteiger partial charge on any atom is -0.372 e. The molecule has 0 atom stereocenters. The second-order valence-corrected chi connectivity index (χ2v) is 10.0. The number of anilines is 3. The number of hydrogen-bond acceptors (Lipinski definition) is 9. The van der Waals surface area contributed by atoms with E-state index in [1.165, 1.54) is 6.08 Å². The van der Waals surface area contributed by atoms with E-state index in [9.17, 15) is 4.79 Å². The zero-order chi connectivity index (χ0) is 27.1.